The van der Waals surface area contributed by atoms with Crippen molar-refractivity contribution in [2.75, 3.05) is 7.05 Å². The van der Waals surface area contributed by atoms with E-state index < -0.39 is 23.0 Å². The standard InChI is InChI=1S/C12H19N3O4/c1-13-8-2-4-12(19,9(16)6-8)7-15-5-3-10(17)14-11(15)18/h3,5,8-9,13,16,19H,2,4,6-7H2,1H3,(H,14,17,18)/t8-,9-,12-/m0/s1. The number of rotatable bonds is 3. The third-order valence-corrected chi connectivity index (χ3v) is 3.80. The van der Waals surface area contributed by atoms with Crippen LogP contribution < -0.4 is 16.6 Å². The van der Waals surface area contributed by atoms with Crippen LogP contribution in [0.15, 0.2) is 21.9 Å². The van der Waals surface area contributed by atoms with Gasteiger partial charge in [0.25, 0.3) is 5.56 Å². The van der Waals surface area contributed by atoms with Gasteiger partial charge >= 0.3 is 5.69 Å². The van der Waals surface area contributed by atoms with Crippen molar-refractivity contribution in [3.05, 3.63) is 33.1 Å². The van der Waals surface area contributed by atoms with E-state index in [4.69, 9.17) is 0 Å². The summed E-state index contributed by atoms with van der Waals surface area (Å²) in [5.41, 5.74) is -2.40. The molecule has 3 atom stereocenters. The molecule has 7 heteroatoms. The van der Waals surface area contributed by atoms with Crippen LogP contribution >= 0.6 is 0 Å². The lowest BCUT2D eigenvalue weighted by molar-refractivity contribution is -0.115. The molecular weight excluding hydrogens is 250 g/mol. The number of hydrogen-bond acceptors (Lipinski definition) is 5. The summed E-state index contributed by atoms with van der Waals surface area (Å²) in [5.74, 6) is 0. The van der Waals surface area contributed by atoms with E-state index in [0.717, 1.165) is 6.42 Å². The number of aliphatic hydroxyl groups excluding tert-OH is 1. The van der Waals surface area contributed by atoms with Crippen LogP contribution in [0.25, 0.3) is 0 Å². The molecule has 0 amide bonds. The summed E-state index contributed by atoms with van der Waals surface area (Å²) in [7, 11) is 1.81. The van der Waals surface area contributed by atoms with Gasteiger partial charge in [0.2, 0.25) is 0 Å². The third kappa shape index (κ3) is 2.94. The van der Waals surface area contributed by atoms with Crippen LogP contribution in [0.4, 0.5) is 0 Å². The highest BCUT2D eigenvalue weighted by Gasteiger charge is 2.41. The van der Waals surface area contributed by atoms with Gasteiger partial charge in [-0.2, -0.15) is 0 Å². The first-order chi connectivity index (χ1) is 8.94. The van der Waals surface area contributed by atoms with E-state index in [2.05, 4.69) is 10.3 Å². The van der Waals surface area contributed by atoms with E-state index >= 15 is 0 Å². The van der Waals surface area contributed by atoms with Crippen LogP contribution in [0.3, 0.4) is 0 Å². The van der Waals surface area contributed by atoms with E-state index in [9.17, 15) is 19.8 Å². The summed E-state index contributed by atoms with van der Waals surface area (Å²) in [6.45, 7) is -0.0276. The molecule has 1 fully saturated rings. The average Bonchev–Trinajstić information content (AvgIpc) is 2.37. The van der Waals surface area contributed by atoms with Crippen molar-refractivity contribution in [3.63, 3.8) is 0 Å². The van der Waals surface area contributed by atoms with Gasteiger partial charge in [0, 0.05) is 18.3 Å². The first-order valence-corrected chi connectivity index (χ1v) is 6.32. The zero-order chi connectivity index (χ0) is 14.0. The molecule has 0 saturated heterocycles. The molecule has 1 saturated carbocycles. The fourth-order valence-electron chi connectivity index (χ4n) is 2.51. The van der Waals surface area contributed by atoms with Crippen molar-refractivity contribution >= 4 is 0 Å². The van der Waals surface area contributed by atoms with Crippen LogP contribution in [0.5, 0.6) is 0 Å². The molecule has 7 nitrogen and oxygen atoms in total. The second-order valence-electron chi connectivity index (χ2n) is 5.12. The Morgan fingerprint density at radius 3 is 2.89 bits per heavy atom. The third-order valence-electron chi connectivity index (χ3n) is 3.80. The lowest BCUT2D eigenvalue weighted by Crippen LogP contribution is -2.54. The van der Waals surface area contributed by atoms with Crippen molar-refractivity contribution in [2.24, 2.45) is 0 Å². The molecule has 1 aromatic rings. The summed E-state index contributed by atoms with van der Waals surface area (Å²) >= 11 is 0. The van der Waals surface area contributed by atoms with Gasteiger partial charge in [0.1, 0.15) is 5.60 Å². The molecule has 0 radical (unpaired) electrons. The summed E-state index contributed by atoms with van der Waals surface area (Å²) in [4.78, 5) is 24.7. The van der Waals surface area contributed by atoms with Gasteiger partial charge < -0.3 is 15.5 Å². The summed E-state index contributed by atoms with van der Waals surface area (Å²) in [6.07, 6.45) is 1.98. The molecule has 19 heavy (non-hydrogen) atoms. The van der Waals surface area contributed by atoms with Crippen LogP contribution in [-0.2, 0) is 6.54 Å². The molecule has 2 rings (SSSR count). The molecule has 4 N–H and O–H groups in total. The Labute approximate surface area is 109 Å². The van der Waals surface area contributed by atoms with Gasteiger partial charge in [0.15, 0.2) is 0 Å². The van der Waals surface area contributed by atoms with Gasteiger partial charge in [0.05, 0.1) is 12.6 Å². The van der Waals surface area contributed by atoms with Gasteiger partial charge in [-0.1, -0.05) is 0 Å². The lowest BCUT2D eigenvalue weighted by Gasteiger charge is -2.40. The minimum Gasteiger partial charge on any atom is -0.390 e. The number of nitrogens with one attached hydrogen (secondary N) is 2. The molecule has 0 bridgehead atoms. The van der Waals surface area contributed by atoms with Crippen molar-refractivity contribution < 1.29 is 10.2 Å². The van der Waals surface area contributed by atoms with Crippen LogP contribution in [0.1, 0.15) is 19.3 Å². The van der Waals surface area contributed by atoms with Gasteiger partial charge in [-0.15, -0.1) is 0 Å². The Hall–Kier alpha value is -1.44. The highest BCUT2D eigenvalue weighted by atomic mass is 16.3. The predicted octanol–water partition coefficient (Wildman–Crippen LogP) is -1.60. The second kappa shape index (κ2) is 5.28. The SMILES string of the molecule is CN[C@H]1CC[C@](O)(Cn2ccc(=O)[nH]c2=O)[C@@H](O)C1. The van der Waals surface area contributed by atoms with Crippen LogP contribution in [0.2, 0.25) is 0 Å². The zero-order valence-electron chi connectivity index (χ0n) is 10.8. The topological polar surface area (TPSA) is 107 Å². The van der Waals surface area contributed by atoms with E-state index in [0.29, 0.717) is 12.8 Å². The van der Waals surface area contributed by atoms with Gasteiger partial charge in [-0.3, -0.25) is 14.3 Å². The molecule has 1 aliphatic rings. The normalized spacial score (nSPS) is 31.3. The predicted molar refractivity (Wildman–Crippen MR) is 69.0 cm³/mol. The Balaban J connectivity index is 2.17. The number of nitrogens with zero attached hydrogens (tertiary/aromatic N) is 1. The molecule has 0 unspecified atom stereocenters. The maximum Gasteiger partial charge on any atom is 0.328 e. The smallest absolute Gasteiger partial charge is 0.328 e. The Morgan fingerprint density at radius 2 is 2.32 bits per heavy atom. The van der Waals surface area contributed by atoms with E-state index in [1.54, 1.807) is 0 Å². The Kier molecular flexibility index (Phi) is 3.88. The van der Waals surface area contributed by atoms with Gasteiger partial charge in [-0.25, -0.2) is 4.79 Å². The second-order valence-corrected chi connectivity index (χ2v) is 5.12. The molecule has 0 spiro atoms. The minimum atomic E-state index is -1.34. The average molecular weight is 269 g/mol. The molecule has 1 aliphatic carbocycles. The zero-order valence-corrected chi connectivity index (χ0v) is 10.8. The number of hydrogen-bond donors (Lipinski definition) is 4. The molecule has 0 aliphatic heterocycles. The fraction of sp³-hybridized carbons (Fsp3) is 0.667. The van der Waals surface area contributed by atoms with Crippen molar-refractivity contribution in [1.82, 2.24) is 14.9 Å². The number of aromatic amines is 1. The van der Waals surface area contributed by atoms with Crippen LogP contribution in [-0.4, -0.2) is 44.6 Å². The number of H-pyrrole nitrogens is 1. The lowest BCUT2D eigenvalue weighted by atomic mass is 9.79. The van der Waals surface area contributed by atoms with Gasteiger partial charge in [-0.05, 0) is 26.3 Å². The first-order valence-electron chi connectivity index (χ1n) is 6.32. The fourth-order valence-corrected chi connectivity index (χ4v) is 2.51. The quantitative estimate of drug-likeness (QED) is 0.529. The molecule has 1 aromatic heterocycles. The maximum atomic E-state index is 11.6. The molecule has 1 heterocycles. The number of aromatic nitrogens is 2. The summed E-state index contributed by atoms with van der Waals surface area (Å²) in [6, 6.07) is 1.39. The molecule has 0 aromatic carbocycles. The van der Waals surface area contributed by atoms with E-state index in [1.165, 1.54) is 16.8 Å². The van der Waals surface area contributed by atoms with Crippen molar-refractivity contribution in [2.45, 2.75) is 43.6 Å². The van der Waals surface area contributed by atoms with Crippen molar-refractivity contribution in [1.29, 1.82) is 0 Å². The minimum absolute atomic E-state index is 0.0276. The molecular formula is C12H19N3O4. The van der Waals surface area contributed by atoms with Crippen LogP contribution in [0, 0.1) is 0 Å². The summed E-state index contributed by atoms with van der Waals surface area (Å²) in [5, 5.41) is 23.6. The number of aliphatic hydroxyl groups is 2. The monoisotopic (exact) mass is 269 g/mol. The van der Waals surface area contributed by atoms with Crippen molar-refractivity contribution in [3.8, 4) is 0 Å². The maximum absolute atomic E-state index is 11.6. The summed E-state index contributed by atoms with van der Waals surface area (Å²) < 4.78 is 1.21. The largest absolute Gasteiger partial charge is 0.390 e. The highest BCUT2D eigenvalue weighted by molar-refractivity contribution is 4.96. The first kappa shape index (κ1) is 14.0. The molecule has 106 valence electrons. The highest BCUT2D eigenvalue weighted by Crippen LogP contribution is 2.29. The van der Waals surface area contributed by atoms with E-state index in [1.807, 2.05) is 7.05 Å². The Morgan fingerprint density at radius 1 is 1.58 bits per heavy atom. The van der Waals surface area contributed by atoms with E-state index in [-0.39, 0.29) is 12.6 Å². The Bertz CT molecular complexity index is 552.